The minimum atomic E-state index is 0.208. The Bertz CT molecular complexity index is 299. The van der Waals surface area contributed by atoms with E-state index < -0.39 is 0 Å². The maximum atomic E-state index is 9.04. The molecule has 1 heterocycles. The largest absolute Gasteiger partial charge is 0.396 e. The van der Waals surface area contributed by atoms with E-state index in [1.54, 1.807) is 0 Å². The van der Waals surface area contributed by atoms with Crippen molar-refractivity contribution >= 4 is 0 Å². The lowest BCUT2D eigenvalue weighted by Crippen LogP contribution is -2.00. The van der Waals surface area contributed by atoms with Crippen molar-refractivity contribution in [1.29, 1.82) is 0 Å². The van der Waals surface area contributed by atoms with Crippen LogP contribution >= 0.6 is 0 Å². The summed E-state index contributed by atoms with van der Waals surface area (Å²) < 4.78 is 5.62. The molecule has 0 saturated carbocycles. The molecule has 1 N–H and O–H groups in total. The van der Waals surface area contributed by atoms with Crippen LogP contribution in [0.25, 0.3) is 0 Å². The molecule has 2 unspecified atom stereocenters. The van der Waals surface area contributed by atoms with Gasteiger partial charge in [0.05, 0.1) is 6.10 Å². The minimum Gasteiger partial charge on any atom is -0.396 e. The molecule has 1 aromatic rings. The number of benzene rings is 1. The van der Waals surface area contributed by atoms with Crippen LogP contribution < -0.4 is 0 Å². The van der Waals surface area contributed by atoms with Crippen molar-refractivity contribution in [3.05, 3.63) is 35.4 Å². The average Bonchev–Trinajstić information content (AvgIpc) is 2.82. The first-order valence-corrected chi connectivity index (χ1v) is 5.63. The topological polar surface area (TPSA) is 29.5 Å². The van der Waals surface area contributed by atoms with Crippen LogP contribution in [0.2, 0.25) is 0 Å². The number of aliphatic hydroxyl groups excluding tert-OH is 1. The fraction of sp³-hybridized carbons (Fsp3) is 0.538. The van der Waals surface area contributed by atoms with E-state index in [0.29, 0.717) is 6.10 Å². The van der Waals surface area contributed by atoms with Crippen molar-refractivity contribution in [2.75, 3.05) is 13.2 Å². The van der Waals surface area contributed by atoms with E-state index in [9.17, 15) is 0 Å². The molecule has 15 heavy (non-hydrogen) atoms. The van der Waals surface area contributed by atoms with E-state index in [0.717, 1.165) is 13.0 Å². The normalized spacial score (nSPS) is 22.9. The fourth-order valence-corrected chi connectivity index (χ4v) is 1.99. The maximum Gasteiger partial charge on any atom is 0.0825 e. The first kappa shape index (κ1) is 10.7. The Kier molecular flexibility index (Phi) is 3.39. The highest BCUT2D eigenvalue weighted by Gasteiger charge is 2.17. The van der Waals surface area contributed by atoms with Gasteiger partial charge >= 0.3 is 0 Å². The highest BCUT2D eigenvalue weighted by Crippen LogP contribution is 2.29. The summed E-state index contributed by atoms with van der Waals surface area (Å²) in [6, 6.07) is 8.44. The lowest BCUT2D eigenvalue weighted by atomic mass is 9.98. The van der Waals surface area contributed by atoms with E-state index in [-0.39, 0.29) is 12.5 Å². The lowest BCUT2D eigenvalue weighted by Gasteiger charge is -2.12. The first-order chi connectivity index (χ1) is 7.31. The molecule has 0 amide bonds. The number of aliphatic hydroxyl groups is 1. The Hall–Kier alpha value is -0.860. The van der Waals surface area contributed by atoms with Crippen molar-refractivity contribution in [1.82, 2.24) is 0 Å². The molecule has 1 aromatic carbocycles. The van der Waals surface area contributed by atoms with E-state index in [4.69, 9.17) is 9.84 Å². The molecule has 0 spiro atoms. The lowest BCUT2D eigenvalue weighted by molar-refractivity contribution is 0.112. The van der Waals surface area contributed by atoms with Crippen molar-refractivity contribution in [3.63, 3.8) is 0 Å². The molecule has 0 radical (unpaired) electrons. The summed E-state index contributed by atoms with van der Waals surface area (Å²) in [6.07, 6.45) is 2.59. The molecule has 2 nitrogen and oxygen atoms in total. The van der Waals surface area contributed by atoms with Crippen LogP contribution in [0.1, 0.15) is 42.9 Å². The smallest absolute Gasteiger partial charge is 0.0825 e. The molecule has 0 aliphatic carbocycles. The van der Waals surface area contributed by atoms with Gasteiger partial charge < -0.3 is 9.84 Å². The third-order valence-electron chi connectivity index (χ3n) is 3.08. The number of hydrogen-bond acceptors (Lipinski definition) is 2. The van der Waals surface area contributed by atoms with Crippen LogP contribution in [-0.2, 0) is 4.74 Å². The Morgan fingerprint density at radius 1 is 1.40 bits per heavy atom. The zero-order valence-corrected chi connectivity index (χ0v) is 9.15. The van der Waals surface area contributed by atoms with Gasteiger partial charge in [-0.15, -0.1) is 0 Å². The second-order valence-corrected chi connectivity index (χ2v) is 4.25. The summed E-state index contributed by atoms with van der Waals surface area (Å²) in [5.74, 6) is 0.226. The van der Waals surface area contributed by atoms with Crippen LogP contribution in [0, 0.1) is 0 Å². The Morgan fingerprint density at radius 2 is 2.13 bits per heavy atom. The van der Waals surface area contributed by atoms with Gasteiger partial charge in [-0.3, -0.25) is 0 Å². The van der Waals surface area contributed by atoms with Crippen LogP contribution in [0.4, 0.5) is 0 Å². The molecular formula is C13H18O2. The summed E-state index contributed by atoms with van der Waals surface area (Å²) in [5.41, 5.74) is 2.46. The van der Waals surface area contributed by atoms with E-state index in [2.05, 4.69) is 24.3 Å². The molecule has 1 aliphatic heterocycles. The van der Waals surface area contributed by atoms with E-state index in [1.165, 1.54) is 17.5 Å². The summed E-state index contributed by atoms with van der Waals surface area (Å²) in [4.78, 5) is 0. The molecule has 2 atom stereocenters. The molecule has 1 aliphatic rings. The quantitative estimate of drug-likeness (QED) is 0.823. The number of hydrogen-bond donors (Lipinski definition) is 1. The van der Waals surface area contributed by atoms with Gasteiger partial charge in [-0.05, 0) is 24.0 Å². The van der Waals surface area contributed by atoms with Gasteiger partial charge in [0.1, 0.15) is 0 Å². The van der Waals surface area contributed by atoms with Crippen LogP contribution in [-0.4, -0.2) is 18.3 Å². The molecule has 1 fully saturated rings. The first-order valence-electron chi connectivity index (χ1n) is 5.63. The van der Waals surface area contributed by atoms with Crippen LogP contribution in [0.5, 0.6) is 0 Å². The SMILES string of the molecule is CC(CO)c1ccc(C2CCCO2)cc1. The van der Waals surface area contributed by atoms with Crippen molar-refractivity contribution < 1.29 is 9.84 Å². The molecule has 1 saturated heterocycles. The molecule has 82 valence electrons. The minimum absolute atomic E-state index is 0.208. The summed E-state index contributed by atoms with van der Waals surface area (Å²) in [6.45, 7) is 3.12. The Balaban J connectivity index is 2.09. The number of ether oxygens (including phenoxy) is 1. The van der Waals surface area contributed by atoms with Gasteiger partial charge in [-0.1, -0.05) is 31.2 Å². The monoisotopic (exact) mass is 206 g/mol. The van der Waals surface area contributed by atoms with Gasteiger partial charge in [0.2, 0.25) is 0 Å². The van der Waals surface area contributed by atoms with Gasteiger partial charge in [0.15, 0.2) is 0 Å². The second-order valence-electron chi connectivity index (χ2n) is 4.25. The van der Waals surface area contributed by atoms with Crippen LogP contribution in [0.3, 0.4) is 0 Å². The molecule has 2 rings (SSSR count). The number of rotatable bonds is 3. The standard InChI is InChI=1S/C13H18O2/c1-10(9-14)11-4-6-12(7-5-11)13-3-2-8-15-13/h4-7,10,13-14H,2-3,8-9H2,1H3. The highest BCUT2D eigenvalue weighted by molar-refractivity contribution is 5.26. The predicted octanol–water partition coefficient (Wildman–Crippen LogP) is 2.63. The third-order valence-corrected chi connectivity index (χ3v) is 3.08. The molecule has 0 aromatic heterocycles. The molecule has 0 bridgehead atoms. The van der Waals surface area contributed by atoms with Gasteiger partial charge in [0.25, 0.3) is 0 Å². The zero-order valence-electron chi connectivity index (χ0n) is 9.15. The van der Waals surface area contributed by atoms with E-state index >= 15 is 0 Å². The van der Waals surface area contributed by atoms with Crippen LogP contribution in [0.15, 0.2) is 24.3 Å². The summed E-state index contributed by atoms with van der Waals surface area (Å²) in [5, 5.41) is 9.04. The molecule has 2 heteroatoms. The molecular weight excluding hydrogens is 188 g/mol. The van der Waals surface area contributed by atoms with Crippen molar-refractivity contribution in [3.8, 4) is 0 Å². The summed E-state index contributed by atoms with van der Waals surface area (Å²) in [7, 11) is 0. The second kappa shape index (κ2) is 4.77. The zero-order chi connectivity index (χ0) is 10.7. The predicted molar refractivity (Wildman–Crippen MR) is 59.9 cm³/mol. The van der Waals surface area contributed by atoms with Crippen molar-refractivity contribution in [2.24, 2.45) is 0 Å². The fourth-order valence-electron chi connectivity index (χ4n) is 1.99. The maximum absolute atomic E-state index is 9.04. The van der Waals surface area contributed by atoms with Gasteiger partial charge in [0, 0.05) is 19.1 Å². The third kappa shape index (κ3) is 2.39. The summed E-state index contributed by atoms with van der Waals surface area (Å²) >= 11 is 0. The van der Waals surface area contributed by atoms with Crippen molar-refractivity contribution in [2.45, 2.75) is 31.8 Å². The van der Waals surface area contributed by atoms with Gasteiger partial charge in [-0.25, -0.2) is 0 Å². The Labute approximate surface area is 90.9 Å². The van der Waals surface area contributed by atoms with Gasteiger partial charge in [-0.2, -0.15) is 0 Å². The highest BCUT2D eigenvalue weighted by atomic mass is 16.5. The average molecular weight is 206 g/mol. The van der Waals surface area contributed by atoms with E-state index in [1.807, 2.05) is 6.92 Å². The Morgan fingerprint density at radius 3 is 2.67 bits per heavy atom.